The lowest BCUT2D eigenvalue weighted by atomic mass is 10.2. The van der Waals surface area contributed by atoms with Crippen molar-refractivity contribution in [3.63, 3.8) is 0 Å². The Bertz CT molecular complexity index is 737. The van der Waals surface area contributed by atoms with Crippen molar-refractivity contribution < 1.29 is 13.2 Å². The van der Waals surface area contributed by atoms with Crippen LogP contribution in [0.4, 0.5) is 0 Å². The second kappa shape index (κ2) is 13.4. The molecular formula is C19H34IN5O3S. The summed E-state index contributed by atoms with van der Waals surface area (Å²) in [5.74, 6) is 0.642. The van der Waals surface area contributed by atoms with Crippen LogP contribution in [0.2, 0.25) is 0 Å². The van der Waals surface area contributed by atoms with Crippen molar-refractivity contribution in [2.45, 2.75) is 24.8 Å². The van der Waals surface area contributed by atoms with Crippen LogP contribution >= 0.6 is 24.0 Å². The summed E-state index contributed by atoms with van der Waals surface area (Å²) in [6.07, 6.45) is 0.878. The van der Waals surface area contributed by atoms with Crippen LogP contribution in [0.15, 0.2) is 34.2 Å². The Morgan fingerprint density at radius 3 is 2.52 bits per heavy atom. The number of nitrogens with zero attached hydrogens (tertiary/aromatic N) is 3. The van der Waals surface area contributed by atoms with Crippen LogP contribution < -0.4 is 10.6 Å². The number of nitrogens with one attached hydrogen (secondary N) is 2. The molecule has 0 aromatic heterocycles. The van der Waals surface area contributed by atoms with Crippen LogP contribution in [-0.2, 0) is 21.3 Å². The fourth-order valence-electron chi connectivity index (χ4n) is 2.99. The third-order valence-corrected chi connectivity index (χ3v) is 6.68. The second-order valence-electron chi connectivity index (χ2n) is 6.72. The number of aliphatic imine (C=N–C) groups is 1. The number of piperazine rings is 1. The van der Waals surface area contributed by atoms with Crippen LogP contribution in [0.5, 0.6) is 0 Å². The van der Waals surface area contributed by atoms with E-state index < -0.39 is 10.0 Å². The molecule has 0 spiro atoms. The lowest BCUT2D eigenvalue weighted by Crippen LogP contribution is -2.47. The Balaban J connectivity index is 0.00000420. The molecule has 0 atom stereocenters. The highest BCUT2D eigenvalue weighted by atomic mass is 127. The van der Waals surface area contributed by atoms with Gasteiger partial charge in [-0.3, -0.25) is 4.99 Å². The van der Waals surface area contributed by atoms with Crippen LogP contribution in [0.3, 0.4) is 0 Å². The second-order valence-corrected chi connectivity index (χ2v) is 8.62. The van der Waals surface area contributed by atoms with E-state index >= 15 is 0 Å². The molecule has 2 N–H and O–H groups in total. The van der Waals surface area contributed by atoms with Gasteiger partial charge in [0.2, 0.25) is 10.0 Å². The zero-order valence-corrected chi connectivity index (χ0v) is 20.7. The highest BCUT2D eigenvalue weighted by Crippen LogP contribution is 2.21. The van der Waals surface area contributed by atoms with Gasteiger partial charge in [0.1, 0.15) is 0 Å². The van der Waals surface area contributed by atoms with Crippen molar-refractivity contribution >= 4 is 40.0 Å². The molecule has 10 heteroatoms. The molecule has 1 aromatic carbocycles. The van der Waals surface area contributed by atoms with Gasteiger partial charge in [0.25, 0.3) is 0 Å². The lowest BCUT2D eigenvalue weighted by molar-refractivity contribution is 0.145. The predicted octanol–water partition coefficient (Wildman–Crippen LogP) is 1.33. The van der Waals surface area contributed by atoms with Gasteiger partial charge in [0.15, 0.2) is 5.96 Å². The Labute approximate surface area is 192 Å². The van der Waals surface area contributed by atoms with Crippen LogP contribution in [-0.4, -0.2) is 83.6 Å². The van der Waals surface area contributed by atoms with Crippen molar-refractivity contribution in [2.75, 3.05) is 60.0 Å². The molecule has 1 heterocycles. The number of likely N-dealkylation sites (N-methyl/N-ethyl adjacent to an activating group) is 1. The molecule has 0 bridgehead atoms. The van der Waals surface area contributed by atoms with E-state index in [4.69, 9.17) is 4.74 Å². The normalized spacial score (nSPS) is 16.3. The third kappa shape index (κ3) is 8.00. The van der Waals surface area contributed by atoms with Crippen molar-refractivity contribution in [3.8, 4) is 0 Å². The van der Waals surface area contributed by atoms with Gasteiger partial charge in [-0.25, -0.2) is 8.42 Å². The molecule has 29 heavy (non-hydrogen) atoms. The first-order valence-electron chi connectivity index (χ1n) is 9.78. The number of benzene rings is 1. The van der Waals surface area contributed by atoms with E-state index in [0.29, 0.717) is 43.7 Å². The zero-order valence-electron chi connectivity index (χ0n) is 17.6. The van der Waals surface area contributed by atoms with Crippen LogP contribution in [0.25, 0.3) is 0 Å². The molecule has 2 rings (SSSR count). The number of sulfonamides is 1. The zero-order chi connectivity index (χ0) is 20.4. The number of hydrogen-bond acceptors (Lipinski definition) is 5. The van der Waals surface area contributed by atoms with Crippen molar-refractivity contribution in [1.29, 1.82) is 0 Å². The minimum absolute atomic E-state index is 0. The molecule has 1 aliphatic rings. The minimum atomic E-state index is -3.51. The smallest absolute Gasteiger partial charge is 0.243 e. The first-order chi connectivity index (χ1) is 13.5. The van der Waals surface area contributed by atoms with Crippen LogP contribution in [0, 0.1) is 0 Å². The average molecular weight is 539 g/mol. The van der Waals surface area contributed by atoms with E-state index in [-0.39, 0.29) is 24.0 Å². The van der Waals surface area contributed by atoms with E-state index in [1.165, 1.54) is 0 Å². The lowest BCUT2D eigenvalue weighted by Gasteiger charge is -2.32. The van der Waals surface area contributed by atoms with Gasteiger partial charge < -0.3 is 20.3 Å². The van der Waals surface area contributed by atoms with E-state index in [1.807, 2.05) is 26.1 Å². The maximum Gasteiger partial charge on any atom is 0.243 e. The number of halogens is 1. The molecular weight excluding hydrogens is 505 g/mol. The van der Waals surface area contributed by atoms with Gasteiger partial charge in [-0.1, -0.05) is 18.2 Å². The molecule has 0 unspecified atom stereocenters. The maximum atomic E-state index is 13.1. The van der Waals surface area contributed by atoms with E-state index in [2.05, 4.69) is 20.5 Å². The van der Waals surface area contributed by atoms with E-state index in [9.17, 15) is 8.42 Å². The summed E-state index contributed by atoms with van der Waals surface area (Å²) < 4.78 is 33.1. The minimum Gasteiger partial charge on any atom is -0.382 e. The Kier molecular flexibility index (Phi) is 12.0. The van der Waals surface area contributed by atoms with Crippen molar-refractivity contribution in [3.05, 3.63) is 29.8 Å². The van der Waals surface area contributed by atoms with Gasteiger partial charge in [-0.2, -0.15) is 4.31 Å². The predicted molar refractivity (Wildman–Crippen MR) is 127 cm³/mol. The van der Waals surface area contributed by atoms with E-state index in [0.717, 1.165) is 31.6 Å². The van der Waals surface area contributed by atoms with Crippen molar-refractivity contribution in [1.82, 2.24) is 19.8 Å². The quantitative estimate of drug-likeness (QED) is 0.213. The fraction of sp³-hybridized carbons (Fsp3) is 0.632. The summed E-state index contributed by atoms with van der Waals surface area (Å²) in [5, 5.41) is 6.42. The molecule has 0 saturated carbocycles. The number of ether oxygens (including phenoxy) is 1. The third-order valence-electron chi connectivity index (χ3n) is 4.68. The molecule has 166 valence electrons. The van der Waals surface area contributed by atoms with Gasteiger partial charge in [-0.15, -0.1) is 24.0 Å². The first-order valence-corrected chi connectivity index (χ1v) is 11.2. The van der Waals surface area contributed by atoms with Gasteiger partial charge in [-0.05, 0) is 32.0 Å². The molecule has 1 saturated heterocycles. The highest BCUT2D eigenvalue weighted by Gasteiger charge is 2.29. The molecule has 0 amide bonds. The Hall–Kier alpha value is -0.950. The van der Waals surface area contributed by atoms with Gasteiger partial charge in [0.05, 0.1) is 4.90 Å². The Morgan fingerprint density at radius 1 is 1.17 bits per heavy atom. The molecule has 1 aliphatic heterocycles. The van der Waals surface area contributed by atoms with Crippen LogP contribution in [0.1, 0.15) is 18.9 Å². The Morgan fingerprint density at radius 2 is 1.86 bits per heavy atom. The van der Waals surface area contributed by atoms with E-state index in [1.54, 1.807) is 23.5 Å². The summed E-state index contributed by atoms with van der Waals surface area (Å²) >= 11 is 0. The summed E-state index contributed by atoms with van der Waals surface area (Å²) in [6.45, 7) is 7.04. The monoisotopic (exact) mass is 539 g/mol. The molecule has 8 nitrogen and oxygen atoms in total. The fourth-order valence-corrected chi connectivity index (χ4v) is 4.64. The van der Waals surface area contributed by atoms with Crippen molar-refractivity contribution in [2.24, 2.45) is 4.99 Å². The standard InChI is InChI=1S/C19H33N5O3S.HI/c1-4-27-15-7-10-21-19(20-2)22-16-17-8-5-6-9-18(17)28(25,26)24-13-11-23(3)12-14-24;/h5-6,8-9H,4,7,10-16H2,1-3H3,(H2,20,21,22);1H. The maximum absolute atomic E-state index is 13.1. The summed E-state index contributed by atoms with van der Waals surface area (Å²) in [5.41, 5.74) is 0.735. The first kappa shape index (κ1) is 26.1. The molecule has 1 fully saturated rings. The summed E-state index contributed by atoms with van der Waals surface area (Å²) in [4.78, 5) is 6.70. The SMILES string of the molecule is CCOCCCNC(=NC)NCc1ccccc1S(=O)(=O)N1CCN(C)CC1.I. The summed E-state index contributed by atoms with van der Waals surface area (Å²) in [7, 11) is 0.200. The summed E-state index contributed by atoms with van der Waals surface area (Å²) in [6, 6.07) is 7.16. The number of guanidine groups is 1. The number of rotatable bonds is 9. The topological polar surface area (TPSA) is 86.3 Å². The van der Waals surface area contributed by atoms with Gasteiger partial charge in [0, 0.05) is 59.5 Å². The molecule has 0 radical (unpaired) electrons. The molecule has 1 aromatic rings. The number of hydrogen-bond donors (Lipinski definition) is 2. The van der Waals surface area contributed by atoms with Gasteiger partial charge >= 0.3 is 0 Å². The average Bonchev–Trinajstić information content (AvgIpc) is 2.70. The largest absolute Gasteiger partial charge is 0.382 e. The highest BCUT2D eigenvalue weighted by molar-refractivity contribution is 14.0. The molecule has 0 aliphatic carbocycles.